The number of benzene rings is 2. The van der Waals surface area contributed by atoms with Crippen molar-refractivity contribution in [1.82, 2.24) is 10.3 Å². The molecule has 3 nitrogen and oxygen atoms in total. The fourth-order valence-electron chi connectivity index (χ4n) is 2.84. The first-order chi connectivity index (χ1) is 11.5. The van der Waals surface area contributed by atoms with Crippen LogP contribution in [0.4, 0.5) is 8.78 Å². The van der Waals surface area contributed by atoms with E-state index in [-0.39, 0.29) is 11.8 Å². The van der Waals surface area contributed by atoms with Gasteiger partial charge in [0.05, 0.1) is 6.04 Å². The Morgan fingerprint density at radius 3 is 2.58 bits per heavy atom. The third-order valence-electron chi connectivity index (χ3n) is 4.19. The highest BCUT2D eigenvalue weighted by Crippen LogP contribution is 2.21. The van der Waals surface area contributed by atoms with Crippen LogP contribution >= 0.6 is 0 Å². The summed E-state index contributed by atoms with van der Waals surface area (Å²) in [7, 11) is 0. The molecule has 124 valence electrons. The molecule has 0 unspecified atom stereocenters. The van der Waals surface area contributed by atoms with E-state index in [1.54, 1.807) is 13.1 Å². The second-order valence-corrected chi connectivity index (χ2v) is 5.90. The summed E-state index contributed by atoms with van der Waals surface area (Å²) in [5, 5.41) is 4.01. The van der Waals surface area contributed by atoms with Crippen molar-refractivity contribution in [1.29, 1.82) is 0 Å². The van der Waals surface area contributed by atoms with Gasteiger partial charge >= 0.3 is 0 Å². The van der Waals surface area contributed by atoms with Crippen molar-refractivity contribution < 1.29 is 13.6 Å². The lowest BCUT2D eigenvalue weighted by Crippen LogP contribution is -2.35. The Kier molecular flexibility index (Phi) is 4.44. The zero-order valence-electron chi connectivity index (χ0n) is 13.4. The molecule has 5 heteroatoms. The van der Waals surface area contributed by atoms with Gasteiger partial charge in [-0.3, -0.25) is 4.79 Å². The van der Waals surface area contributed by atoms with Crippen LogP contribution in [0.3, 0.4) is 0 Å². The lowest BCUT2D eigenvalue weighted by Gasteiger charge is -2.19. The summed E-state index contributed by atoms with van der Waals surface area (Å²) in [5.41, 5.74) is 2.11. The van der Waals surface area contributed by atoms with E-state index in [1.807, 2.05) is 31.2 Å². The van der Waals surface area contributed by atoms with Crippen LogP contribution in [0.25, 0.3) is 10.9 Å². The molecule has 0 bridgehead atoms. The van der Waals surface area contributed by atoms with Gasteiger partial charge in [0.2, 0.25) is 0 Å². The van der Waals surface area contributed by atoms with Crippen LogP contribution in [-0.4, -0.2) is 16.8 Å². The average Bonchev–Trinajstić information content (AvgIpc) is 3.00. The second kappa shape index (κ2) is 6.53. The maximum Gasteiger partial charge on any atom is 0.181 e. The minimum Gasteiger partial charge on any atom is -0.360 e. The molecule has 2 atom stereocenters. The number of carbonyl (C=O) groups excluding carboxylic acids is 1. The van der Waals surface area contributed by atoms with Gasteiger partial charge in [-0.05, 0) is 37.6 Å². The van der Waals surface area contributed by atoms with Crippen LogP contribution in [0.1, 0.15) is 35.8 Å². The summed E-state index contributed by atoms with van der Waals surface area (Å²) < 4.78 is 26.4. The molecular formula is C19H18F2N2O. The Hall–Kier alpha value is -2.53. The standard InChI is InChI=1S/C19H18F2N2O/c1-11(13-7-8-16(20)17(21)9-13)23-12(2)19(24)15-10-22-18-6-4-3-5-14(15)18/h3-12,22-23H,1-2H3/t11-,12-/m1/s1. The number of rotatable bonds is 5. The SMILES string of the molecule is C[C@@H](N[C@H](C)c1ccc(F)c(F)c1)C(=O)c1c[nH]c2ccccc12. The predicted octanol–water partition coefficient (Wildman–Crippen LogP) is 4.37. The lowest BCUT2D eigenvalue weighted by molar-refractivity contribution is 0.0947. The highest BCUT2D eigenvalue weighted by molar-refractivity contribution is 6.10. The first-order valence-corrected chi connectivity index (χ1v) is 7.78. The van der Waals surface area contributed by atoms with Crippen LogP contribution in [0.5, 0.6) is 0 Å². The first-order valence-electron chi connectivity index (χ1n) is 7.78. The minimum atomic E-state index is -0.892. The Morgan fingerprint density at radius 2 is 1.83 bits per heavy atom. The number of halogens is 2. The molecule has 2 N–H and O–H groups in total. The van der Waals surface area contributed by atoms with E-state index in [9.17, 15) is 13.6 Å². The lowest BCUT2D eigenvalue weighted by atomic mass is 10.0. The van der Waals surface area contributed by atoms with Gasteiger partial charge in [0.25, 0.3) is 0 Å². The number of para-hydroxylation sites is 1. The third kappa shape index (κ3) is 3.08. The van der Waals surface area contributed by atoms with E-state index in [4.69, 9.17) is 0 Å². The highest BCUT2D eigenvalue weighted by Gasteiger charge is 2.21. The van der Waals surface area contributed by atoms with Gasteiger partial charge in [0.1, 0.15) is 0 Å². The normalized spacial score (nSPS) is 13.8. The van der Waals surface area contributed by atoms with Crippen molar-refractivity contribution >= 4 is 16.7 Å². The van der Waals surface area contributed by atoms with Crippen molar-refractivity contribution in [3.63, 3.8) is 0 Å². The monoisotopic (exact) mass is 328 g/mol. The van der Waals surface area contributed by atoms with E-state index in [0.29, 0.717) is 11.1 Å². The van der Waals surface area contributed by atoms with Gasteiger partial charge in [0.15, 0.2) is 17.4 Å². The van der Waals surface area contributed by atoms with Crippen LogP contribution in [-0.2, 0) is 0 Å². The molecular weight excluding hydrogens is 310 g/mol. The number of carbonyl (C=O) groups is 1. The Balaban J connectivity index is 1.77. The van der Waals surface area contributed by atoms with Crippen LogP contribution in [0, 0.1) is 11.6 Å². The summed E-state index contributed by atoms with van der Waals surface area (Å²) in [6.45, 7) is 3.58. The number of ketones is 1. The molecule has 3 rings (SSSR count). The first kappa shape index (κ1) is 16.3. The van der Waals surface area contributed by atoms with Gasteiger partial charge in [0, 0.05) is 28.7 Å². The number of aromatic nitrogens is 1. The van der Waals surface area contributed by atoms with Crippen molar-refractivity contribution in [2.75, 3.05) is 0 Å². The van der Waals surface area contributed by atoms with Gasteiger partial charge in [-0.1, -0.05) is 24.3 Å². The molecule has 2 aromatic carbocycles. The number of aromatic amines is 1. The van der Waals surface area contributed by atoms with E-state index < -0.39 is 17.7 Å². The third-order valence-corrected chi connectivity index (χ3v) is 4.19. The highest BCUT2D eigenvalue weighted by atomic mass is 19.2. The van der Waals surface area contributed by atoms with Crippen molar-refractivity contribution in [3.05, 3.63) is 71.4 Å². The molecule has 3 aromatic rings. The van der Waals surface area contributed by atoms with Crippen molar-refractivity contribution in [2.45, 2.75) is 25.9 Å². The largest absolute Gasteiger partial charge is 0.360 e. The molecule has 0 aliphatic heterocycles. The van der Waals surface area contributed by atoms with Crippen molar-refractivity contribution in [3.8, 4) is 0 Å². The summed E-state index contributed by atoms with van der Waals surface area (Å²) in [6, 6.07) is 10.6. The summed E-state index contributed by atoms with van der Waals surface area (Å²) >= 11 is 0. The van der Waals surface area contributed by atoms with E-state index >= 15 is 0 Å². The van der Waals surface area contributed by atoms with Gasteiger partial charge in [-0.25, -0.2) is 8.78 Å². The quantitative estimate of drug-likeness (QED) is 0.683. The molecule has 0 amide bonds. The molecule has 0 saturated heterocycles. The number of nitrogens with one attached hydrogen (secondary N) is 2. The van der Waals surface area contributed by atoms with Gasteiger partial charge < -0.3 is 10.3 Å². The molecule has 0 aliphatic rings. The van der Waals surface area contributed by atoms with Crippen molar-refractivity contribution in [2.24, 2.45) is 0 Å². The summed E-state index contributed by atoms with van der Waals surface area (Å²) in [6.07, 6.45) is 1.70. The Morgan fingerprint density at radius 1 is 1.08 bits per heavy atom. The molecule has 0 aliphatic carbocycles. The topological polar surface area (TPSA) is 44.9 Å². The van der Waals surface area contributed by atoms with E-state index in [1.165, 1.54) is 6.07 Å². The number of H-pyrrole nitrogens is 1. The molecule has 0 fully saturated rings. The molecule has 0 saturated carbocycles. The maximum absolute atomic E-state index is 13.4. The fraction of sp³-hybridized carbons (Fsp3) is 0.211. The molecule has 1 heterocycles. The maximum atomic E-state index is 13.4. The number of Topliss-reactive ketones (excluding diaryl/α,β-unsaturated/α-hetero) is 1. The Labute approximate surface area is 138 Å². The zero-order valence-corrected chi connectivity index (χ0v) is 13.4. The summed E-state index contributed by atoms with van der Waals surface area (Å²) in [5.74, 6) is -1.83. The van der Waals surface area contributed by atoms with Gasteiger partial charge in [-0.2, -0.15) is 0 Å². The van der Waals surface area contributed by atoms with Gasteiger partial charge in [-0.15, -0.1) is 0 Å². The smallest absolute Gasteiger partial charge is 0.181 e. The second-order valence-electron chi connectivity index (χ2n) is 5.90. The van der Waals surface area contributed by atoms with Crippen LogP contribution < -0.4 is 5.32 Å². The average molecular weight is 328 g/mol. The molecule has 0 spiro atoms. The number of fused-ring (bicyclic) bond motifs is 1. The zero-order chi connectivity index (χ0) is 17.3. The molecule has 24 heavy (non-hydrogen) atoms. The Bertz CT molecular complexity index is 888. The van der Waals surface area contributed by atoms with E-state index in [0.717, 1.165) is 23.0 Å². The minimum absolute atomic E-state index is 0.0538. The fourth-order valence-corrected chi connectivity index (χ4v) is 2.84. The molecule has 0 radical (unpaired) electrons. The number of hydrogen-bond donors (Lipinski definition) is 2. The predicted molar refractivity (Wildman–Crippen MR) is 90.0 cm³/mol. The van der Waals surface area contributed by atoms with Crippen LogP contribution in [0.2, 0.25) is 0 Å². The molecule has 1 aromatic heterocycles. The number of hydrogen-bond acceptors (Lipinski definition) is 2. The van der Waals surface area contributed by atoms with E-state index in [2.05, 4.69) is 10.3 Å². The summed E-state index contributed by atoms with van der Waals surface area (Å²) in [4.78, 5) is 15.8. The van der Waals surface area contributed by atoms with Crippen LogP contribution in [0.15, 0.2) is 48.7 Å².